The van der Waals surface area contributed by atoms with Gasteiger partial charge >= 0.3 is 0 Å². The molecule has 1 unspecified atom stereocenters. The molecule has 4 aromatic rings. The summed E-state index contributed by atoms with van der Waals surface area (Å²) in [5.41, 5.74) is 8.43. The van der Waals surface area contributed by atoms with Gasteiger partial charge < -0.3 is 11.1 Å². The lowest BCUT2D eigenvalue weighted by atomic mass is 10.1. The summed E-state index contributed by atoms with van der Waals surface area (Å²) in [4.78, 5) is 22.6. The molecule has 0 saturated heterocycles. The molecule has 0 saturated carbocycles. The molecule has 1 atom stereocenters. The molecule has 0 radical (unpaired) electrons. The zero-order valence-corrected chi connectivity index (χ0v) is 15.2. The van der Waals surface area contributed by atoms with Crippen molar-refractivity contribution < 1.29 is 4.79 Å². The largest absolute Gasteiger partial charge is 0.347 e. The summed E-state index contributed by atoms with van der Waals surface area (Å²) < 4.78 is 0. The highest BCUT2D eigenvalue weighted by atomic mass is 32.1. The highest BCUT2D eigenvalue weighted by Crippen LogP contribution is 2.30. The second kappa shape index (κ2) is 7.65. The van der Waals surface area contributed by atoms with Gasteiger partial charge in [0.25, 0.3) is 5.91 Å². The molecule has 8 heteroatoms. The van der Waals surface area contributed by atoms with Gasteiger partial charge in [0.1, 0.15) is 6.33 Å². The maximum atomic E-state index is 12.7. The van der Waals surface area contributed by atoms with E-state index in [2.05, 4.69) is 25.5 Å². The molecule has 136 valence electrons. The van der Waals surface area contributed by atoms with Crippen molar-refractivity contribution in [2.75, 3.05) is 6.54 Å². The van der Waals surface area contributed by atoms with Crippen LogP contribution in [0.5, 0.6) is 0 Å². The summed E-state index contributed by atoms with van der Waals surface area (Å²) in [7, 11) is 0. The van der Waals surface area contributed by atoms with Gasteiger partial charge in [0.15, 0.2) is 5.65 Å². The summed E-state index contributed by atoms with van der Waals surface area (Å²) in [5.74, 6) is -0.130. The molecule has 0 aliphatic heterocycles. The van der Waals surface area contributed by atoms with Gasteiger partial charge in [-0.1, -0.05) is 30.3 Å². The number of nitrogens with zero attached hydrogens (tertiary/aromatic N) is 3. The Morgan fingerprint density at radius 1 is 1.19 bits per heavy atom. The number of rotatable bonds is 6. The molecule has 0 aliphatic carbocycles. The molecule has 27 heavy (non-hydrogen) atoms. The zero-order valence-electron chi connectivity index (χ0n) is 14.4. The number of H-pyrrole nitrogens is 1. The molecule has 1 aromatic carbocycles. The van der Waals surface area contributed by atoms with E-state index in [0.717, 1.165) is 21.5 Å². The van der Waals surface area contributed by atoms with Crippen molar-refractivity contribution in [2.24, 2.45) is 5.73 Å². The van der Waals surface area contributed by atoms with Crippen molar-refractivity contribution >= 4 is 28.3 Å². The molecule has 0 fully saturated rings. The average molecular weight is 378 g/mol. The molecule has 4 N–H and O–H groups in total. The fraction of sp³-hybridized carbons (Fsp3) is 0.158. The molecule has 0 bridgehead atoms. The number of hydrogen-bond acceptors (Lipinski definition) is 6. The Morgan fingerprint density at radius 3 is 2.85 bits per heavy atom. The van der Waals surface area contributed by atoms with Crippen LogP contribution in [0.3, 0.4) is 0 Å². The van der Waals surface area contributed by atoms with Crippen molar-refractivity contribution in [3.8, 4) is 10.6 Å². The van der Waals surface area contributed by atoms with Gasteiger partial charge in [-0.15, -0.1) is 11.3 Å². The summed E-state index contributed by atoms with van der Waals surface area (Å²) in [6.45, 7) is 0.375. The van der Waals surface area contributed by atoms with Gasteiger partial charge in [0.2, 0.25) is 0 Å². The van der Waals surface area contributed by atoms with E-state index >= 15 is 0 Å². The highest BCUT2D eigenvalue weighted by Gasteiger charge is 2.17. The smallest absolute Gasteiger partial charge is 0.261 e. The number of aromatic amines is 1. The fourth-order valence-corrected chi connectivity index (χ4v) is 3.82. The first-order valence-corrected chi connectivity index (χ1v) is 9.35. The third-order valence-corrected chi connectivity index (χ3v) is 5.35. The van der Waals surface area contributed by atoms with Crippen LogP contribution in [0, 0.1) is 0 Å². The molecule has 0 aliphatic rings. The van der Waals surface area contributed by atoms with Crippen LogP contribution in [0.4, 0.5) is 0 Å². The van der Waals surface area contributed by atoms with Crippen LogP contribution >= 0.6 is 11.3 Å². The SMILES string of the molecule is NCC(Cc1ccccc1)NC(=O)c1ccc(-c2ncnc3[nH]ncc23)s1. The van der Waals surface area contributed by atoms with Gasteiger partial charge in [0.05, 0.1) is 27.0 Å². The molecule has 1 amide bonds. The van der Waals surface area contributed by atoms with E-state index in [1.54, 1.807) is 12.3 Å². The Hall–Kier alpha value is -3.10. The molecule has 3 heterocycles. The molecular formula is C19H18N6OS. The molecule has 7 nitrogen and oxygen atoms in total. The Balaban J connectivity index is 1.51. The number of carbonyl (C=O) groups is 1. The maximum Gasteiger partial charge on any atom is 0.261 e. The fourth-order valence-electron chi connectivity index (χ4n) is 2.90. The van der Waals surface area contributed by atoms with E-state index < -0.39 is 0 Å². The van der Waals surface area contributed by atoms with E-state index in [4.69, 9.17) is 5.73 Å². The lowest BCUT2D eigenvalue weighted by molar-refractivity contribution is 0.0942. The van der Waals surface area contributed by atoms with Gasteiger partial charge in [0, 0.05) is 12.6 Å². The van der Waals surface area contributed by atoms with Gasteiger partial charge in [-0.2, -0.15) is 5.10 Å². The highest BCUT2D eigenvalue weighted by molar-refractivity contribution is 7.17. The summed E-state index contributed by atoms with van der Waals surface area (Å²) >= 11 is 1.39. The van der Waals surface area contributed by atoms with Crippen LogP contribution < -0.4 is 11.1 Å². The quantitative estimate of drug-likeness (QED) is 0.477. The first-order chi connectivity index (χ1) is 13.2. The number of hydrogen-bond donors (Lipinski definition) is 3. The maximum absolute atomic E-state index is 12.7. The minimum absolute atomic E-state index is 0.120. The number of aromatic nitrogens is 4. The summed E-state index contributed by atoms with van der Waals surface area (Å²) in [6.07, 6.45) is 3.87. The number of benzene rings is 1. The average Bonchev–Trinajstić information content (AvgIpc) is 3.37. The van der Waals surface area contributed by atoms with Crippen LogP contribution in [-0.2, 0) is 6.42 Å². The topological polar surface area (TPSA) is 110 Å². The van der Waals surface area contributed by atoms with Crippen LogP contribution in [0.15, 0.2) is 55.0 Å². The first kappa shape index (κ1) is 17.3. The Bertz CT molecular complexity index is 1060. The first-order valence-electron chi connectivity index (χ1n) is 8.53. The van der Waals surface area contributed by atoms with E-state index in [9.17, 15) is 4.79 Å². The van der Waals surface area contributed by atoms with E-state index in [0.29, 0.717) is 23.5 Å². The normalized spacial score (nSPS) is 12.2. The lowest BCUT2D eigenvalue weighted by Crippen LogP contribution is -2.41. The van der Waals surface area contributed by atoms with Gasteiger partial charge in [-0.05, 0) is 24.1 Å². The predicted octanol–water partition coefficient (Wildman–Crippen LogP) is 2.38. The summed E-state index contributed by atoms with van der Waals surface area (Å²) in [5, 5.41) is 10.7. The van der Waals surface area contributed by atoms with Gasteiger partial charge in [-0.25, -0.2) is 9.97 Å². The third kappa shape index (κ3) is 3.71. The van der Waals surface area contributed by atoms with Crippen LogP contribution in [0.1, 0.15) is 15.2 Å². The second-order valence-corrected chi connectivity index (χ2v) is 7.20. The lowest BCUT2D eigenvalue weighted by Gasteiger charge is -2.16. The minimum atomic E-state index is -0.130. The summed E-state index contributed by atoms with van der Waals surface area (Å²) in [6, 6.07) is 13.6. The standard InChI is InChI=1S/C19H18N6OS/c20-9-13(8-12-4-2-1-3-5-12)24-19(26)16-7-6-15(27-16)17-14-10-23-25-18(14)22-11-21-17/h1-7,10-11,13H,8-9,20H2,(H,24,26)(H,21,22,23,25). The number of thiophene rings is 1. The molecule has 0 spiro atoms. The van der Waals surface area contributed by atoms with E-state index in [1.165, 1.54) is 17.7 Å². The van der Waals surface area contributed by atoms with Crippen molar-refractivity contribution in [3.63, 3.8) is 0 Å². The van der Waals surface area contributed by atoms with Crippen molar-refractivity contribution in [2.45, 2.75) is 12.5 Å². The van der Waals surface area contributed by atoms with Crippen molar-refractivity contribution in [1.82, 2.24) is 25.5 Å². The number of nitrogens with one attached hydrogen (secondary N) is 2. The Labute approximate surface area is 159 Å². The second-order valence-electron chi connectivity index (χ2n) is 6.11. The molecular weight excluding hydrogens is 360 g/mol. The Kier molecular flexibility index (Phi) is 4.91. The van der Waals surface area contributed by atoms with Crippen molar-refractivity contribution in [1.29, 1.82) is 0 Å². The van der Waals surface area contributed by atoms with Crippen molar-refractivity contribution in [3.05, 3.63) is 65.4 Å². The molecule has 4 rings (SSSR count). The Morgan fingerprint density at radius 2 is 2.04 bits per heavy atom. The molecule has 3 aromatic heterocycles. The minimum Gasteiger partial charge on any atom is -0.347 e. The number of nitrogens with two attached hydrogens (primary N) is 1. The number of fused-ring (bicyclic) bond motifs is 1. The zero-order chi connectivity index (χ0) is 18.6. The third-order valence-electron chi connectivity index (χ3n) is 4.26. The monoisotopic (exact) mass is 378 g/mol. The van der Waals surface area contributed by atoms with Crippen LogP contribution in [0.2, 0.25) is 0 Å². The van der Waals surface area contributed by atoms with E-state index in [1.807, 2.05) is 36.4 Å². The van der Waals surface area contributed by atoms with Crippen LogP contribution in [0.25, 0.3) is 21.6 Å². The number of carbonyl (C=O) groups excluding carboxylic acids is 1. The number of amides is 1. The predicted molar refractivity (Wildman–Crippen MR) is 105 cm³/mol. The van der Waals surface area contributed by atoms with E-state index in [-0.39, 0.29) is 11.9 Å². The van der Waals surface area contributed by atoms with Crippen LogP contribution in [-0.4, -0.2) is 38.7 Å². The van der Waals surface area contributed by atoms with Gasteiger partial charge in [-0.3, -0.25) is 9.89 Å².